The lowest BCUT2D eigenvalue weighted by atomic mass is 10.4. The van der Waals surface area contributed by atoms with Gasteiger partial charge in [0.2, 0.25) is 0 Å². The molecule has 1 heterocycles. The Morgan fingerprint density at radius 1 is 1.80 bits per heavy atom. The molecule has 4 heteroatoms. The van der Waals surface area contributed by atoms with Gasteiger partial charge in [0.1, 0.15) is 11.4 Å². The van der Waals surface area contributed by atoms with E-state index < -0.39 is 5.97 Å². The highest BCUT2D eigenvalue weighted by Gasteiger charge is 2.04. The fraction of sp³-hybridized carbons (Fsp3) is 0.167. The number of nitrogens with one attached hydrogen (secondary N) is 1. The number of ether oxygens (including phenoxy) is 1. The van der Waals surface area contributed by atoms with E-state index >= 15 is 0 Å². The highest BCUT2D eigenvalue weighted by Crippen LogP contribution is 2.10. The van der Waals surface area contributed by atoms with E-state index in [1.165, 1.54) is 19.4 Å². The Labute approximate surface area is 57.4 Å². The predicted octanol–water partition coefficient (Wildman–Crippen LogP) is 0.721. The highest BCUT2D eigenvalue weighted by atomic mass is 16.5. The molecule has 0 aliphatic rings. The molecule has 0 unspecified atom stereocenters. The summed E-state index contributed by atoms with van der Waals surface area (Å²) in [6.45, 7) is 0. The number of H-pyrrole nitrogens is 1. The van der Waals surface area contributed by atoms with Crippen LogP contribution in [0.3, 0.4) is 0 Å². The number of aromatic carboxylic acids is 1. The van der Waals surface area contributed by atoms with Gasteiger partial charge in [0.05, 0.1) is 7.11 Å². The van der Waals surface area contributed by atoms with Crippen molar-refractivity contribution in [3.8, 4) is 5.75 Å². The fourth-order valence-corrected chi connectivity index (χ4v) is 0.616. The van der Waals surface area contributed by atoms with E-state index in [2.05, 4.69) is 4.98 Å². The van der Waals surface area contributed by atoms with E-state index in [4.69, 9.17) is 9.84 Å². The van der Waals surface area contributed by atoms with Crippen LogP contribution in [-0.4, -0.2) is 23.2 Å². The van der Waals surface area contributed by atoms with Crippen LogP contribution >= 0.6 is 0 Å². The van der Waals surface area contributed by atoms with Gasteiger partial charge in [-0.3, -0.25) is 0 Å². The number of hydrogen-bond donors (Lipinski definition) is 2. The third-order valence-corrected chi connectivity index (χ3v) is 1.12. The van der Waals surface area contributed by atoms with Crippen LogP contribution in [0.25, 0.3) is 0 Å². The smallest absolute Gasteiger partial charge is 0.352 e. The van der Waals surface area contributed by atoms with Crippen LogP contribution in [0.5, 0.6) is 5.75 Å². The molecular weight excluding hydrogens is 134 g/mol. The summed E-state index contributed by atoms with van der Waals surface area (Å²) in [6, 6.07) is 1.42. The molecule has 0 fully saturated rings. The third-order valence-electron chi connectivity index (χ3n) is 1.12. The van der Waals surface area contributed by atoms with Crippen molar-refractivity contribution in [2.75, 3.05) is 7.11 Å². The molecule has 0 atom stereocenters. The van der Waals surface area contributed by atoms with Crippen molar-refractivity contribution in [2.45, 2.75) is 0 Å². The van der Waals surface area contributed by atoms with Gasteiger partial charge < -0.3 is 14.8 Å². The molecule has 0 aliphatic carbocycles. The summed E-state index contributed by atoms with van der Waals surface area (Å²) in [5.41, 5.74) is 0.136. The summed E-state index contributed by atoms with van der Waals surface area (Å²) >= 11 is 0. The molecule has 1 rings (SSSR count). The molecule has 0 aliphatic heterocycles. The summed E-state index contributed by atoms with van der Waals surface area (Å²) in [4.78, 5) is 12.8. The first kappa shape index (κ1) is 6.67. The minimum absolute atomic E-state index is 0.136. The largest absolute Gasteiger partial charge is 0.495 e. The summed E-state index contributed by atoms with van der Waals surface area (Å²) in [6.07, 6.45) is 1.49. The first-order valence-corrected chi connectivity index (χ1v) is 2.69. The zero-order valence-corrected chi connectivity index (χ0v) is 5.42. The zero-order chi connectivity index (χ0) is 7.56. The number of carboxylic acid groups (broad SMARTS) is 1. The average molecular weight is 141 g/mol. The van der Waals surface area contributed by atoms with Crippen molar-refractivity contribution in [3.63, 3.8) is 0 Å². The molecule has 0 radical (unpaired) electrons. The van der Waals surface area contributed by atoms with Crippen molar-refractivity contribution in [3.05, 3.63) is 18.0 Å². The maximum Gasteiger partial charge on any atom is 0.352 e. The minimum Gasteiger partial charge on any atom is -0.495 e. The minimum atomic E-state index is -0.983. The number of carboxylic acids is 1. The summed E-state index contributed by atoms with van der Waals surface area (Å²) in [7, 11) is 1.48. The third kappa shape index (κ3) is 1.10. The van der Waals surface area contributed by atoms with Gasteiger partial charge >= 0.3 is 5.97 Å². The van der Waals surface area contributed by atoms with Crippen LogP contribution in [0.15, 0.2) is 12.3 Å². The van der Waals surface area contributed by atoms with Crippen molar-refractivity contribution < 1.29 is 14.6 Å². The Morgan fingerprint density at radius 2 is 2.50 bits per heavy atom. The van der Waals surface area contributed by atoms with Crippen LogP contribution < -0.4 is 4.74 Å². The maximum absolute atomic E-state index is 10.2. The van der Waals surface area contributed by atoms with E-state index in [1.807, 2.05) is 0 Å². The van der Waals surface area contributed by atoms with E-state index in [0.717, 1.165) is 0 Å². The van der Waals surface area contributed by atoms with E-state index in [0.29, 0.717) is 5.75 Å². The van der Waals surface area contributed by atoms with E-state index in [-0.39, 0.29) is 5.69 Å². The summed E-state index contributed by atoms with van der Waals surface area (Å²) in [5.74, 6) is -0.458. The lowest BCUT2D eigenvalue weighted by molar-refractivity contribution is 0.0691. The highest BCUT2D eigenvalue weighted by molar-refractivity contribution is 5.85. The summed E-state index contributed by atoms with van der Waals surface area (Å²) in [5, 5.41) is 8.41. The molecule has 0 amide bonds. The molecule has 10 heavy (non-hydrogen) atoms. The van der Waals surface area contributed by atoms with Crippen molar-refractivity contribution >= 4 is 5.97 Å². The summed E-state index contributed by atoms with van der Waals surface area (Å²) < 4.78 is 4.75. The van der Waals surface area contributed by atoms with Gasteiger partial charge in [-0.05, 0) is 0 Å². The molecule has 54 valence electrons. The number of carbonyl (C=O) groups is 1. The molecule has 1 aromatic rings. The molecular formula is C6H7NO3. The molecule has 0 bridgehead atoms. The van der Waals surface area contributed by atoms with E-state index in [1.54, 1.807) is 0 Å². The number of rotatable bonds is 2. The molecule has 0 aromatic carbocycles. The lowest BCUT2D eigenvalue weighted by Crippen LogP contribution is -1.94. The van der Waals surface area contributed by atoms with Gasteiger partial charge in [0.25, 0.3) is 0 Å². The van der Waals surface area contributed by atoms with Crippen LogP contribution in [-0.2, 0) is 0 Å². The van der Waals surface area contributed by atoms with E-state index in [9.17, 15) is 4.79 Å². The Hall–Kier alpha value is -1.45. The lowest BCUT2D eigenvalue weighted by Gasteiger charge is -1.87. The second kappa shape index (κ2) is 2.43. The first-order chi connectivity index (χ1) is 4.74. The molecule has 4 nitrogen and oxygen atoms in total. The van der Waals surface area contributed by atoms with Gasteiger partial charge in [-0.1, -0.05) is 0 Å². The van der Waals surface area contributed by atoms with Gasteiger partial charge in [-0.15, -0.1) is 0 Å². The monoisotopic (exact) mass is 141 g/mol. The molecule has 0 saturated carbocycles. The van der Waals surface area contributed by atoms with Crippen LogP contribution in [0.2, 0.25) is 0 Å². The second-order valence-electron chi connectivity index (χ2n) is 1.76. The fourth-order valence-electron chi connectivity index (χ4n) is 0.616. The number of aromatic nitrogens is 1. The van der Waals surface area contributed by atoms with Gasteiger partial charge in [-0.25, -0.2) is 4.79 Å². The van der Waals surface area contributed by atoms with Crippen LogP contribution in [0.4, 0.5) is 0 Å². The van der Waals surface area contributed by atoms with Gasteiger partial charge in [-0.2, -0.15) is 0 Å². The quantitative estimate of drug-likeness (QED) is 0.637. The van der Waals surface area contributed by atoms with Crippen molar-refractivity contribution in [2.24, 2.45) is 0 Å². The van der Waals surface area contributed by atoms with Crippen molar-refractivity contribution in [1.29, 1.82) is 0 Å². The number of methoxy groups -OCH3 is 1. The normalized spacial score (nSPS) is 9.30. The first-order valence-electron chi connectivity index (χ1n) is 2.69. The van der Waals surface area contributed by atoms with Crippen molar-refractivity contribution in [1.82, 2.24) is 4.98 Å². The van der Waals surface area contributed by atoms with Crippen LogP contribution in [0, 0.1) is 0 Å². The average Bonchev–Trinajstić information content (AvgIpc) is 2.34. The Morgan fingerprint density at radius 3 is 2.80 bits per heavy atom. The van der Waals surface area contributed by atoms with Crippen LogP contribution in [0.1, 0.15) is 10.5 Å². The van der Waals surface area contributed by atoms with Gasteiger partial charge in [0, 0.05) is 12.3 Å². The topological polar surface area (TPSA) is 62.3 Å². The standard InChI is InChI=1S/C6H7NO3/c1-10-4-2-5(6(8)9)7-3-4/h2-3,7H,1H3,(H,8,9). The Kier molecular flexibility index (Phi) is 1.62. The number of aromatic amines is 1. The molecule has 0 spiro atoms. The Bertz CT molecular complexity index is 241. The van der Waals surface area contributed by atoms with Gasteiger partial charge in [0.15, 0.2) is 0 Å². The SMILES string of the molecule is COc1c[nH]c(C(=O)O)c1. The molecule has 0 saturated heterocycles. The Balaban J connectivity index is 2.88. The second-order valence-corrected chi connectivity index (χ2v) is 1.76. The molecule has 1 aromatic heterocycles. The maximum atomic E-state index is 10.2. The molecule has 2 N–H and O–H groups in total. The number of hydrogen-bond acceptors (Lipinski definition) is 2. The zero-order valence-electron chi connectivity index (χ0n) is 5.42. The predicted molar refractivity (Wildman–Crippen MR) is 34.3 cm³/mol.